The van der Waals surface area contributed by atoms with E-state index in [0.717, 1.165) is 17.7 Å². The quantitative estimate of drug-likeness (QED) is 0.673. The minimum atomic E-state index is -0.0436. The minimum Gasteiger partial charge on any atom is -0.497 e. The van der Waals surface area contributed by atoms with E-state index in [4.69, 9.17) is 14.2 Å². The maximum atomic E-state index is 12.3. The number of hydrogen-bond donors (Lipinski definition) is 1. The fraction of sp³-hybridized carbons (Fsp3) is 0.364. The number of rotatable bonds is 9. The first-order valence-electron chi connectivity index (χ1n) is 9.48. The normalized spacial score (nSPS) is 12.3. The molecule has 0 fully saturated rings. The molecular formula is C22H25NO5. The van der Waals surface area contributed by atoms with Crippen LogP contribution < -0.4 is 19.5 Å². The number of amides is 1. The molecule has 0 saturated heterocycles. The van der Waals surface area contributed by atoms with Gasteiger partial charge < -0.3 is 19.5 Å². The number of Topliss-reactive ketones (excluding diaryl/α,β-unsaturated/α-hetero) is 1. The molecule has 28 heavy (non-hydrogen) atoms. The number of ketones is 1. The molecule has 2 aromatic rings. The smallest absolute Gasteiger partial charge is 0.220 e. The zero-order chi connectivity index (χ0) is 19.8. The second kappa shape index (κ2) is 9.78. The van der Waals surface area contributed by atoms with Gasteiger partial charge in [-0.1, -0.05) is 12.1 Å². The third-order valence-corrected chi connectivity index (χ3v) is 4.54. The predicted octanol–water partition coefficient (Wildman–Crippen LogP) is 3.18. The summed E-state index contributed by atoms with van der Waals surface area (Å²) in [7, 11) is 1.63. The lowest BCUT2D eigenvalue weighted by molar-refractivity contribution is -0.121. The molecule has 6 heteroatoms. The zero-order valence-corrected chi connectivity index (χ0v) is 16.0. The van der Waals surface area contributed by atoms with Crippen molar-refractivity contribution in [3.8, 4) is 17.2 Å². The first-order chi connectivity index (χ1) is 13.7. The highest BCUT2D eigenvalue weighted by atomic mass is 16.6. The zero-order valence-electron chi connectivity index (χ0n) is 16.0. The summed E-state index contributed by atoms with van der Waals surface area (Å²) in [5.74, 6) is 2.03. The van der Waals surface area contributed by atoms with E-state index in [0.29, 0.717) is 56.1 Å². The van der Waals surface area contributed by atoms with Crippen molar-refractivity contribution in [2.75, 3.05) is 26.9 Å². The van der Waals surface area contributed by atoms with Gasteiger partial charge in [-0.3, -0.25) is 9.59 Å². The molecule has 148 valence electrons. The van der Waals surface area contributed by atoms with Crippen LogP contribution in [0.2, 0.25) is 0 Å². The maximum absolute atomic E-state index is 12.3. The van der Waals surface area contributed by atoms with Gasteiger partial charge in [0.1, 0.15) is 19.0 Å². The van der Waals surface area contributed by atoms with Crippen LogP contribution in [0.25, 0.3) is 0 Å². The number of nitrogens with one attached hydrogen (secondary N) is 1. The van der Waals surface area contributed by atoms with Crippen molar-refractivity contribution in [1.29, 1.82) is 0 Å². The summed E-state index contributed by atoms with van der Waals surface area (Å²) in [5.41, 5.74) is 1.69. The van der Waals surface area contributed by atoms with E-state index in [1.165, 1.54) is 0 Å². The van der Waals surface area contributed by atoms with Crippen molar-refractivity contribution in [3.05, 3.63) is 53.6 Å². The molecule has 0 atom stereocenters. The highest BCUT2D eigenvalue weighted by Gasteiger charge is 2.15. The summed E-state index contributed by atoms with van der Waals surface area (Å²) in [6.07, 6.45) is 1.90. The van der Waals surface area contributed by atoms with E-state index in [1.807, 2.05) is 24.3 Å². The third kappa shape index (κ3) is 5.49. The van der Waals surface area contributed by atoms with Crippen molar-refractivity contribution < 1.29 is 23.8 Å². The molecule has 1 aliphatic rings. The number of hydrogen-bond acceptors (Lipinski definition) is 5. The number of carbonyl (C=O) groups is 2. The summed E-state index contributed by atoms with van der Waals surface area (Å²) in [6.45, 7) is 1.57. The Bertz CT molecular complexity index is 833. The summed E-state index contributed by atoms with van der Waals surface area (Å²) >= 11 is 0. The van der Waals surface area contributed by atoms with E-state index < -0.39 is 0 Å². The highest BCUT2D eigenvalue weighted by molar-refractivity contribution is 5.96. The summed E-state index contributed by atoms with van der Waals surface area (Å²) in [4.78, 5) is 24.3. The van der Waals surface area contributed by atoms with Crippen LogP contribution in [0, 0.1) is 0 Å². The summed E-state index contributed by atoms with van der Waals surface area (Å²) < 4.78 is 16.2. The Kier molecular flexibility index (Phi) is 6.89. The monoisotopic (exact) mass is 383 g/mol. The number of carbonyl (C=O) groups excluding carboxylic acids is 2. The molecule has 0 unspecified atom stereocenters. The van der Waals surface area contributed by atoms with E-state index >= 15 is 0 Å². The summed E-state index contributed by atoms with van der Waals surface area (Å²) in [6, 6.07) is 13.0. The van der Waals surface area contributed by atoms with Gasteiger partial charge in [0.25, 0.3) is 0 Å². The van der Waals surface area contributed by atoms with E-state index in [-0.39, 0.29) is 11.7 Å². The van der Waals surface area contributed by atoms with Crippen molar-refractivity contribution in [2.24, 2.45) is 0 Å². The number of fused-ring (bicyclic) bond motifs is 1. The third-order valence-electron chi connectivity index (χ3n) is 4.54. The first kappa shape index (κ1) is 19.7. The molecule has 1 amide bonds. The Morgan fingerprint density at radius 3 is 2.68 bits per heavy atom. The average molecular weight is 383 g/mol. The van der Waals surface area contributed by atoms with Gasteiger partial charge in [0, 0.05) is 24.9 Å². The summed E-state index contributed by atoms with van der Waals surface area (Å²) in [5, 5.41) is 2.90. The SMILES string of the molecule is COc1cccc(CCNC(=O)CCCC(=O)c2ccc3c(c2)OCCO3)c1. The molecule has 3 rings (SSSR count). The van der Waals surface area contributed by atoms with Crippen LogP contribution in [0.4, 0.5) is 0 Å². The predicted molar refractivity (Wildman–Crippen MR) is 105 cm³/mol. The van der Waals surface area contributed by atoms with Gasteiger partial charge in [-0.15, -0.1) is 0 Å². The number of ether oxygens (including phenoxy) is 3. The van der Waals surface area contributed by atoms with Crippen LogP contribution in [-0.2, 0) is 11.2 Å². The molecule has 0 saturated carbocycles. The number of methoxy groups -OCH3 is 1. The standard InChI is InChI=1S/C22H25NO5/c1-26-18-5-2-4-16(14-18)10-11-23-22(25)7-3-6-19(24)17-8-9-20-21(15-17)28-13-12-27-20/h2,4-5,8-9,14-15H,3,6-7,10-13H2,1H3,(H,23,25). The van der Waals surface area contributed by atoms with Crippen molar-refractivity contribution in [2.45, 2.75) is 25.7 Å². The molecule has 6 nitrogen and oxygen atoms in total. The van der Waals surface area contributed by atoms with Gasteiger partial charge in [0.15, 0.2) is 17.3 Å². The largest absolute Gasteiger partial charge is 0.497 e. The Hall–Kier alpha value is -3.02. The Morgan fingerprint density at radius 2 is 1.86 bits per heavy atom. The molecular weight excluding hydrogens is 358 g/mol. The molecule has 0 radical (unpaired) electrons. The second-order valence-corrected chi connectivity index (χ2v) is 6.59. The van der Waals surface area contributed by atoms with Crippen LogP contribution in [0.1, 0.15) is 35.2 Å². The Labute approximate surface area is 164 Å². The van der Waals surface area contributed by atoms with Crippen molar-refractivity contribution >= 4 is 11.7 Å². The molecule has 0 bridgehead atoms. The highest BCUT2D eigenvalue weighted by Crippen LogP contribution is 2.31. The van der Waals surface area contributed by atoms with E-state index in [2.05, 4.69) is 5.32 Å². The first-order valence-corrected chi connectivity index (χ1v) is 9.48. The van der Waals surface area contributed by atoms with Crippen LogP contribution >= 0.6 is 0 Å². The van der Waals surface area contributed by atoms with Gasteiger partial charge in [-0.05, 0) is 48.7 Å². The lowest BCUT2D eigenvalue weighted by atomic mass is 10.0. The van der Waals surface area contributed by atoms with Gasteiger partial charge >= 0.3 is 0 Å². The molecule has 1 aliphatic heterocycles. The minimum absolute atomic E-state index is 0.00107. The molecule has 0 aliphatic carbocycles. The van der Waals surface area contributed by atoms with Crippen LogP contribution in [-0.4, -0.2) is 38.6 Å². The van der Waals surface area contributed by atoms with Crippen molar-refractivity contribution in [3.63, 3.8) is 0 Å². The van der Waals surface area contributed by atoms with Crippen LogP contribution in [0.3, 0.4) is 0 Å². The number of benzene rings is 2. The molecule has 0 spiro atoms. The lowest BCUT2D eigenvalue weighted by Crippen LogP contribution is -2.25. The fourth-order valence-corrected chi connectivity index (χ4v) is 3.03. The van der Waals surface area contributed by atoms with E-state index in [9.17, 15) is 9.59 Å². The maximum Gasteiger partial charge on any atom is 0.220 e. The molecule has 2 aromatic carbocycles. The van der Waals surface area contributed by atoms with Gasteiger partial charge in [0.2, 0.25) is 5.91 Å². The lowest BCUT2D eigenvalue weighted by Gasteiger charge is -2.18. The molecule has 1 N–H and O–H groups in total. The van der Waals surface area contributed by atoms with Crippen LogP contribution in [0.15, 0.2) is 42.5 Å². The van der Waals surface area contributed by atoms with Gasteiger partial charge in [0.05, 0.1) is 7.11 Å². The average Bonchev–Trinajstić information content (AvgIpc) is 2.73. The molecule has 1 heterocycles. The Balaban J connectivity index is 1.37. The topological polar surface area (TPSA) is 73.9 Å². The second-order valence-electron chi connectivity index (χ2n) is 6.59. The van der Waals surface area contributed by atoms with Crippen LogP contribution in [0.5, 0.6) is 17.2 Å². The fourth-order valence-electron chi connectivity index (χ4n) is 3.03. The van der Waals surface area contributed by atoms with Crippen molar-refractivity contribution in [1.82, 2.24) is 5.32 Å². The van der Waals surface area contributed by atoms with Gasteiger partial charge in [-0.2, -0.15) is 0 Å². The molecule has 0 aromatic heterocycles. The van der Waals surface area contributed by atoms with E-state index in [1.54, 1.807) is 25.3 Å². The Morgan fingerprint density at radius 1 is 1.04 bits per heavy atom. The van der Waals surface area contributed by atoms with Gasteiger partial charge in [-0.25, -0.2) is 0 Å².